The van der Waals surface area contributed by atoms with Crippen molar-refractivity contribution in [3.8, 4) is 0 Å². The smallest absolute Gasteiger partial charge is 0.475 e. The molecule has 1 aromatic carbocycles. The first-order valence-corrected chi connectivity index (χ1v) is 9.59. The number of nitrogens with zero attached hydrogens (tertiary/aromatic N) is 3. The first-order valence-electron chi connectivity index (χ1n) is 9.59. The fourth-order valence-electron chi connectivity index (χ4n) is 2.89. The molecule has 0 bridgehead atoms. The summed E-state index contributed by atoms with van der Waals surface area (Å²) in [6, 6.07) is 7.62. The van der Waals surface area contributed by atoms with Crippen LogP contribution in [0.4, 0.5) is 37.7 Å². The number of nitro benzene ring substituents is 1. The number of aliphatic carboxylic acids is 2. The minimum absolute atomic E-state index is 0.109. The Kier molecular flexibility index (Phi) is 9.75. The third kappa shape index (κ3) is 8.55. The molecule has 35 heavy (non-hydrogen) atoms. The van der Waals surface area contributed by atoms with Crippen molar-refractivity contribution >= 4 is 34.2 Å². The summed E-state index contributed by atoms with van der Waals surface area (Å²) < 4.78 is 63.5. The molecule has 16 heteroatoms. The fourth-order valence-corrected chi connectivity index (χ4v) is 2.89. The van der Waals surface area contributed by atoms with E-state index in [2.05, 4.69) is 29.0 Å². The quantitative estimate of drug-likeness (QED) is 0.311. The number of hydrogen-bond donors (Lipinski definition) is 3. The molecule has 1 aliphatic rings. The topological polar surface area (TPSA) is 146 Å². The third-order valence-corrected chi connectivity index (χ3v) is 4.48. The molecule has 2 atom stereocenters. The highest BCUT2D eigenvalue weighted by molar-refractivity contribution is 5.97. The van der Waals surface area contributed by atoms with Crippen molar-refractivity contribution in [3.05, 3.63) is 40.6 Å². The van der Waals surface area contributed by atoms with Crippen LogP contribution >= 0.6 is 0 Å². The van der Waals surface area contributed by atoms with Crippen LogP contribution in [0.5, 0.6) is 0 Å². The van der Waals surface area contributed by atoms with Gasteiger partial charge in [0.2, 0.25) is 0 Å². The molecule has 1 aliphatic heterocycles. The molecule has 3 N–H and O–H groups in total. The molecule has 0 radical (unpaired) electrons. The van der Waals surface area contributed by atoms with Gasteiger partial charge in [0.1, 0.15) is 5.52 Å². The Morgan fingerprint density at radius 2 is 1.60 bits per heavy atom. The van der Waals surface area contributed by atoms with E-state index in [0.29, 0.717) is 23.0 Å². The Hall–Kier alpha value is -3.69. The van der Waals surface area contributed by atoms with Crippen LogP contribution in [0.25, 0.3) is 10.9 Å². The van der Waals surface area contributed by atoms with E-state index >= 15 is 0 Å². The monoisotopic (exact) mass is 514 g/mol. The molecular weight excluding hydrogens is 494 g/mol. The summed E-state index contributed by atoms with van der Waals surface area (Å²) >= 11 is 0. The molecule has 0 unspecified atom stereocenters. The van der Waals surface area contributed by atoms with Crippen LogP contribution in [0.2, 0.25) is 0 Å². The van der Waals surface area contributed by atoms with Gasteiger partial charge in [-0.1, -0.05) is 0 Å². The van der Waals surface area contributed by atoms with Crippen LogP contribution in [-0.2, 0) is 9.59 Å². The Balaban J connectivity index is 0.000000362. The zero-order valence-corrected chi connectivity index (χ0v) is 18.1. The second-order valence-electron chi connectivity index (χ2n) is 7.18. The number of benzene rings is 1. The van der Waals surface area contributed by atoms with Crippen molar-refractivity contribution in [1.82, 2.24) is 10.3 Å². The largest absolute Gasteiger partial charge is 0.490 e. The number of aromatic nitrogens is 1. The van der Waals surface area contributed by atoms with Gasteiger partial charge in [0.05, 0.1) is 16.0 Å². The number of piperazine rings is 1. The third-order valence-electron chi connectivity index (χ3n) is 4.48. The maximum absolute atomic E-state index is 11.2. The number of fused-ring (bicyclic) bond motifs is 1. The molecule has 10 nitrogen and oxygen atoms in total. The van der Waals surface area contributed by atoms with Crippen LogP contribution in [0, 0.1) is 10.1 Å². The lowest BCUT2D eigenvalue weighted by Crippen LogP contribution is -2.54. The normalized spacial score (nSPS) is 18.0. The van der Waals surface area contributed by atoms with Crippen LogP contribution < -0.4 is 10.2 Å². The second kappa shape index (κ2) is 11.6. The second-order valence-corrected chi connectivity index (χ2v) is 7.18. The SMILES string of the molecule is C[C@@H]1CN(c2ccc([N+](=O)[O-])c3cccnc23)[C@@H](C)CN1.O=C(O)C(F)(F)F.O=C(O)C(F)(F)F. The standard InChI is InChI=1S/C15H18N4O2.2C2HF3O2/c1-10-9-18(11(2)8-17-10)14-6-5-13(19(20)21)12-4-3-7-16-15(12)14;2*3-2(4,5)1(6)7/h3-7,10-11,17H,8-9H2,1-2H3;2*(H,6,7)/t10-,11+;;/m1../s1. The zero-order chi connectivity index (χ0) is 27.1. The van der Waals surface area contributed by atoms with E-state index in [9.17, 15) is 36.5 Å². The summed E-state index contributed by atoms with van der Waals surface area (Å²) in [4.78, 5) is 35.3. The summed E-state index contributed by atoms with van der Waals surface area (Å²) in [6.07, 6.45) is -8.48. The van der Waals surface area contributed by atoms with E-state index in [-0.39, 0.29) is 10.6 Å². The van der Waals surface area contributed by atoms with Gasteiger partial charge in [-0.05, 0) is 32.0 Å². The highest BCUT2D eigenvalue weighted by Gasteiger charge is 2.38. The predicted molar refractivity (Wildman–Crippen MR) is 110 cm³/mol. The van der Waals surface area contributed by atoms with E-state index in [1.54, 1.807) is 24.4 Å². The summed E-state index contributed by atoms with van der Waals surface area (Å²) in [5.74, 6) is -5.51. The molecule has 2 heterocycles. The highest BCUT2D eigenvalue weighted by Crippen LogP contribution is 2.33. The average molecular weight is 514 g/mol. The number of carbonyl (C=O) groups is 2. The molecule has 1 saturated heterocycles. The number of halogens is 6. The van der Waals surface area contributed by atoms with E-state index < -0.39 is 24.3 Å². The van der Waals surface area contributed by atoms with Crippen LogP contribution in [-0.4, -0.2) is 69.6 Å². The number of carboxylic acid groups (broad SMARTS) is 2. The maximum atomic E-state index is 11.2. The maximum Gasteiger partial charge on any atom is 0.490 e. The molecule has 0 amide bonds. The van der Waals surface area contributed by atoms with Crippen molar-refractivity contribution in [2.24, 2.45) is 0 Å². The van der Waals surface area contributed by atoms with E-state index in [4.69, 9.17) is 19.8 Å². The molecule has 1 aromatic heterocycles. The molecule has 0 saturated carbocycles. The summed E-state index contributed by atoms with van der Waals surface area (Å²) in [6.45, 7) is 6.05. The number of non-ortho nitro benzene ring substituents is 1. The summed E-state index contributed by atoms with van der Waals surface area (Å²) in [7, 11) is 0. The first kappa shape index (κ1) is 29.3. The van der Waals surface area contributed by atoms with Gasteiger partial charge < -0.3 is 20.4 Å². The molecule has 2 aromatic rings. The number of alkyl halides is 6. The lowest BCUT2D eigenvalue weighted by atomic mass is 10.1. The van der Waals surface area contributed by atoms with Gasteiger partial charge in [0, 0.05) is 37.4 Å². The minimum Gasteiger partial charge on any atom is -0.475 e. The number of carboxylic acids is 2. The minimum atomic E-state index is -5.08. The molecular formula is C19H20F6N4O6. The average Bonchev–Trinajstić information content (AvgIpc) is 2.74. The number of rotatable bonds is 2. The number of nitrogens with one attached hydrogen (secondary N) is 1. The van der Waals surface area contributed by atoms with Gasteiger partial charge in [-0.2, -0.15) is 26.3 Å². The number of pyridine rings is 1. The lowest BCUT2D eigenvalue weighted by molar-refractivity contribution is -0.383. The molecule has 0 aliphatic carbocycles. The molecule has 0 spiro atoms. The Morgan fingerprint density at radius 3 is 2.06 bits per heavy atom. The van der Waals surface area contributed by atoms with Gasteiger partial charge in [-0.15, -0.1) is 0 Å². The van der Waals surface area contributed by atoms with Crippen molar-refractivity contribution in [1.29, 1.82) is 0 Å². The van der Waals surface area contributed by atoms with Crippen molar-refractivity contribution in [2.45, 2.75) is 38.3 Å². The number of hydrogen-bond acceptors (Lipinski definition) is 7. The van der Waals surface area contributed by atoms with E-state index in [1.165, 1.54) is 0 Å². The number of anilines is 1. The van der Waals surface area contributed by atoms with Gasteiger partial charge in [0.15, 0.2) is 0 Å². The highest BCUT2D eigenvalue weighted by atomic mass is 19.4. The predicted octanol–water partition coefficient (Wildman–Crippen LogP) is 3.60. The number of nitro groups is 1. The fraction of sp³-hybridized carbons (Fsp3) is 0.421. The van der Waals surface area contributed by atoms with Crippen molar-refractivity contribution < 1.29 is 51.1 Å². The Bertz CT molecular complexity index is 1040. The van der Waals surface area contributed by atoms with Gasteiger partial charge in [-0.25, -0.2) is 9.59 Å². The lowest BCUT2D eigenvalue weighted by Gasteiger charge is -2.39. The molecule has 3 rings (SSSR count). The van der Waals surface area contributed by atoms with Gasteiger partial charge in [-0.3, -0.25) is 15.1 Å². The van der Waals surface area contributed by atoms with Crippen molar-refractivity contribution in [3.63, 3.8) is 0 Å². The van der Waals surface area contributed by atoms with Crippen LogP contribution in [0.3, 0.4) is 0 Å². The van der Waals surface area contributed by atoms with Gasteiger partial charge >= 0.3 is 24.3 Å². The van der Waals surface area contributed by atoms with Crippen molar-refractivity contribution in [2.75, 3.05) is 18.0 Å². The first-order chi connectivity index (χ1) is 16.0. The summed E-state index contributed by atoms with van der Waals surface area (Å²) in [5, 5.41) is 29.5. The Labute approximate surface area is 193 Å². The van der Waals surface area contributed by atoms with Crippen LogP contribution in [0.15, 0.2) is 30.5 Å². The van der Waals surface area contributed by atoms with E-state index in [0.717, 1.165) is 18.8 Å². The van der Waals surface area contributed by atoms with E-state index in [1.807, 2.05) is 6.07 Å². The van der Waals surface area contributed by atoms with Crippen LogP contribution in [0.1, 0.15) is 13.8 Å². The Morgan fingerprint density at radius 1 is 1.09 bits per heavy atom. The van der Waals surface area contributed by atoms with Gasteiger partial charge in [0.25, 0.3) is 5.69 Å². The molecule has 194 valence electrons. The molecule has 1 fully saturated rings. The zero-order valence-electron chi connectivity index (χ0n) is 18.1. The summed E-state index contributed by atoms with van der Waals surface area (Å²) in [5.41, 5.74) is 1.78.